The van der Waals surface area contributed by atoms with Crippen LogP contribution >= 0.6 is 0 Å². The SMILES string of the molecule is Cc1cc(-c2ccccc2C)nc(C(C)(C)N)n1. The van der Waals surface area contributed by atoms with Gasteiger partial charge in [0.1, 0.15) is 5.82 Å². The van der Waals surface area contributed by atoms with E-state index >= 15 is 0 Å². The van der Waals surface area contributed by atoms with Crippen LogP contribution in [0.3, 0.4) is 0 Å². The van der Waals surface area contributed by atoms with Crippen LogP contribution in [-0.4, -0.2) is 9.97 Å². The van der Waals surface area contributed by atoms with Gasteiger partial charge in [0.05, 0.1) is 11.2 Å². The van der Waals surface area contributed by atoms with E-state index in [1.54, 1.807) is 0 Å². The lowest BCUT2D eigenvalue weighted by Crippen LogP contribution is -2.31. The summed E-state index contributed by atoms with van der Waals surface area (Å²) in [5.41, 5.74) is 9.78. The molecule has 0 saturated heterocycles. The van der Waals surface area contributed by atoms with Gasteiger partial charge in [0, 0.05) is 11.3 Å². The maximum Gasteiger partial charge on any atom is 0.148 e. The normalized spacial score (nSPS) is 11.6. The van der Waals surface area contributed by atoms with E-state index in [1.165, 1.54) is 5.56 Å². The maximum atomic E-state index is 6.09. The molecule has 1 heterocycles. The molecule has 0 aliphatic heterocycles. The number of nitrogens with two attached hydrogens (primary N) is 1. The van der Waals surface area contributed by atoms with E-state index in [0.29, 0.717) is 5.82 Å². The Labute approximate surface area is 108 Å². The molecule has 0 spiro atoms. The molecular weight excluding hydrogens is 222 g/mol. The fraction of sp³-hybridized carbons (Fsp3) is 0.333. The van der Waals surface area contributed by atoms with Crippen molar-refractivity contribution in [1.29, 1.82) is 0 Å². The van der Waals surface area contributed by atoms with Crippen molar-refractivity contribution in [2.24, 2.45) is 5.73 Å². The van der Waals surface area contributed by atoms with E-state index in [4.69, 9.17) is 5.73 Å². The van der Waals surface area contributed by atoms with Crippen molar-refractivity contribution in [3.63, 3.8) is 0 Å². The molecule has 2 rings (SSSR count). The van der Waals surface area contributed by atoms with Gasteiger partial charge in [-0.15, -0.1) is 0 Å². The minimum Gasteiger partial charge on any atom is -0.319 e. The average Bonchev–Trinajstić information content (AvgIpc) is 2.27. The van der Waals surface area contributed by atoms with Crippen molar-refractivity contribution >= 4 is 0 Å². The number of hydrogen-bond acceptors (Lipinski definition) is 3. The minimum atomic E-state index is -0.524. The Morgan fingerprint density at radius 3 is 2.33 bits per heavy atom. The van der Waals surface area contributed by atoms with Crippen LogP contribution in [0.25, 0.3) is 11.3 Å². The quantitative estimate of drug-likeness (QED) is 0.879. The second-order valence-electron chi connectivity index (χ2n) is 5.25. The lowest BCUT2D eigenvalue weighted by Gasteiger charge is -2.18. The van der Waals surface area contributed by atoms with E-state index in [1.807, 2.05) is 39.0 Å². The zero-order valence-corrected chi connectivity index (χ0v) is 11.4. The van der Waals surface area contributed by atoms with Crippen molar-refractivity contribution in [2.45, 2.75) is 33.2 Å². The topological polar surface area (TPSA) is 51.8 Å². The molecule has 2 N–H and O–H groups in total. The molecule has 3 heteroatoms. The van der Waals surface area contributed by atoms with Crippen LogP contribution in [0.2, 0.25) is 0 Å². The summed E-state index contributed by atoms with van der Waals surface area (Å²) in [7, 11) is 0. The van der Waals surface area contributed by atoms with Crippen molar-refractivity contribution < 1.29 is 0 Å². The Hall–Kier alpha value is -1.74. The van der Waals surface area contributed by atoms with Crippen LogP contribution in [0, 0.1) is 13.8 Å². The third-order valence-corrected chi connectivity index (χ3v) is 2.85. The molecule has 0 aliphatic carbocycles. The number of rotatable bonds is 2. The Kier molecular flexibility index (Phi) is 3.18. The number of hydrogen-bond donors (Lipinski definition) is 1. The fourth-order valence-corrected chi connectivity index (χ4v) is 1.85. The Morgan fingerprint density at radius 2 is 1.72 bits per heavy atom. The van der Waals surface area contributed by atoms with Gasteiger partial charge in [-0.25, -0.2) is 9.97 Å². The van der Waals surface area contributed by atoms with Crippen molar-refractivity contribution in [3.05, 3.63) is 47.4 Å². The van der Waals surface area contributed by atoms with Crippen molar-refractivity contribution in [1.82, 2.24) is 9.97 Å². The zero-order valence-electron chi connectivity index (χ0n) is 11.4. The van der Waals surface area contributed by atoms with Crippen LogP contribution in [0.5, 0.6) is 0 Å². The lowest BCUT2D eigenvalue weighted by atomic mass is 10.0. The molecule has 0 saturated carbocycles. The summed E-state index contributed by atoms with van der Waals surface area (Å²) in [6.45, 7) is 7.89. The molecule has 2 aromatic rings. The molecule has 3 nitrogen and oxygen atoms in total. The molecular formula is C15H19N3. The summed E-state index contributed by atoms with van der Waals surface area (Å²) in [6.07, 6.45) is 0. The van der Waals surface area contributed by atoms with Crippen LogP contribution < -0.4 is 5.73 Å². The van der Waals surface area contributed by atoms with Gasteiger partial charge in [-0.05, 0) is 39.3 Å². The van der Waals surface area contributed by atoms with Gasteiger partial charge in [-0.2, -0.15) is 0 Å². The number of aryl methyl sites for hydroxylation is 2. The first-order valence-corrected chi connectivity index (χ1v) is 6.09. The number of aromatic nitrogens is 2. The minimum absolute atomic E-state index is 0.524. The fourth-order valence-electron chi connectivity index (χ4n) is 1.85. The highest BCUT2D eigenvalue weighted by atomic mass is 15.0. The van der Waals surface area contributed by atoms with Crippen LogP contribution in [0.4, 0.5) is 0 Å². The van der Waals surface area contributed by atoms with Gasteiger partial charge in [0.15, 0.2) is 0 Å². The Bertz CT molecular complexity index is 568. The van der Waals surface area contributed by atoms with Crippen molar-refractivity contribution in [2.75, 3.05) is 0 Å². The summed E-state index contributed by atoms with van der Waals surface area (Å²) < 4.78 is 0. The predicted octanol–water partition coefficient (Wildman–Crippen LogP) is 2.95. The first kappa shape index (κ1) is 12.7. The van der Waals surface area contributed by atoms with Gasteiger partial charge >= 0.3 is 0 Å². The van der Waals surface area contributed by atoms with E-state index in [0.717, 1.165) is 17.0 Å². The van der Waals surface area contributed by atoms with E-state index in [2.05, 4.69) is 29.0 Å². The summed E-state index contributed by atoms with van der Waals surface area (Å²) in [5.74, 6) is 0.681. The van der Waals surface area contributed by atoms with Gasteiger partial charge in [-0.3, -0.25) is 0 Å². The molecule has 0 amide bonds. The monoisotopic (exact) mass is 241 g/mol. The summed E-state index contributed by atoms with van der Waals surface area (Å²) in [4.78, 5) is 9.02. The molecule has 1 aromatic carbocycles. The third-order valence-electron chi connectivity index (χ3n) is 2.85. The Balaban J connectivity index is 2.60. The Morgan fingerprint density at radius 1 is 1.06 bits per heavy atom. The van der Waals surface area contributed by atoms with Crippen LogP contribution in [-0.2, 0) is 5.54 Å². The number of benzene rings is 1. The standard InChI is InChI=1S/C15H19N3/c1-10-7-5-6-8-12(10)13-9-11(2)17-14(18-13)15(3,4)16/h5-9H,16H2,1-4H3. The molecule has 1 aromatic heterocycles. The van der Waals surface area contributed by atoms with E-state index < -0.39 is 5.54 Å². The van der Waals surface area contributed by atoms with E-state index in [9.17, 15) is 0 Å². The van der Waals surface area contributed by atoms with E-state index in [-0.39, 0.29) is 0 Å². The molecule has 94 valence electrons. The van der Waals surface area contributed by atoms with Gasteiger partial charge in [0.2, 0.25) is 0 Å². The summed E-state index contributed by atoms with van der Waals surface area (Å²) in [6, 6.07) is 10.2. The van der Waals surface area contributed by atoms with Gasteiger partial charge < -0.3 is 5.73 Å². The molecule has 18 heavy (non-hydrogen) atoms. The summed E-state index contributed by atoms with van der Waals surface area (Å²) >= 11 is 0. The largest absolute Gasteiger partial charge is 0.319 e. The first-order chi connectivity index (χ1) is 8.38. The first-order valence-electron chi connectivity index (χ1n) is 6.09. The summed E-state index contributed by atoms with van der Waals surface area (Å²) in [5, 5.41) is 0. The molecule has 0 radical (unpaired) electrons. The highest BCUT2D eigenvalue weighted by Gasteiger charge is 2.19. The highest BCUT2D eigenvalue weighted by molar-refractivity contribution is 5.63. The zero-order chi connectivity index (χ0) is 13.3. The second kappa shape index (κ2) is 4.50. The molecule has 0 aliphatic rings. The van der Waals surface area contributed by atoms with Crippen LogP contribution in [0.15, 0.2) is 30.3 Å². The third kappa shape index (κ3) is 2.57. The predicted molar refractivity (Wildman–Crippen MR) is 74.2 cm³/mol. The smallest absolute Gasteiger partial charge is 0.148 e. The average molecular weight is 241 g/mol. The molecule has 0 unspecified atom stereocenters. The molecule has 0 fully saturated rings. The highest BCUT2D eigenvalue weighted by Crippen LogP contribution is 2.23. The molecule has 0 atom stereocenters. The van der Waals surface area contributed by atoms with Crippen LogP contribution in [0.1, 0.15) is 30.9 Å². The van der Waals surface area contributed by atoms with Crippen molar-refractivity contribution in [3.8, 4) is 11.3 Å². The maximum absolute atomic E-state index is 6.09. The van der Waals surface area contributed by atoms with Gasteiger partial charge in [0.25, 0.3) is 0 Å². The van der Waals surface area contributed by atoms with Gasteiger partial charge in [-0.1, -0.05) is 24.3 Å². The molecule has 0 bridgehead atoms. The lowest BCUT2D eigenvalue weighted by molar-refractivity contribution is 0.512. The number of nitrogens with zero attached hydrogens (tertiary/aromatic N) is 2. The second-order valence-corrected chi connectivity index (χ2v) is 5.25.